The molecule has 1 aromatic heterocycles. The van der Waals surface area contributed by atoms with Gasteiger partial charge in [0.05, 0.1) is 5.69 Å². The Bertz CT molecular complexity index is 484. The second kappa shape index (κ2) is 3.94. The van der Waals surface area contributed by atoms with E-state index in [9.17, 15) is 0 Å². The molecule has 0 radical (unpaired) electrons. The summed E-state index contributed by atoms with van der Waals surface area (Å²) in [6, 6.07) is 4.07. The highest BCUT2D eigenvalue weighted by atomic mass is 79.9. The summed E-state index contributed by atoms with van der Waals surface area (Å²) >= 11 is 9.42. The Morgan fingerprint density at radius 1 is 1.27 bits per heavy atom. The third-order valence-electron chi connectivity index (χ3n) is 2.21. The molecular weight excluding hydrogens is 277 g/mol. The molecule has 5 heteroatoms. The molecule has 0 spiro atoms. The largest absolute Gasteiger partial charge is 0.272 e. The maximum absolute atomic E-state index is 5.90. The third kappa shape index (κ3) is 1.92. The molecule has 0 saturated carbocycles. The summed E-state index contributed by atoms with van der Waals surface area (Å²) in [6.45, 7) is 4.08. The molecule has 1 heterocycles. The van der Waals surface area contributed by atoms with Crippen LogP contribution in [-0.2, 0) is 0 Å². The third-order valence-corrected chi connectivity index (χ3v) is 3.71. The lowest BCUT2D eigenvalue weighted by Crippen LogP contribution is -1.95. The van der Waals surface area contributed by atoms with E-state index < -0.39 is 0 Å². The van der Waals surface area contributed by atoms with Crippen molar-refractivity contribution in [1.29, 1.82) is 0 Å². The molecule has 0 N–H and O–H groups in total. The zero-order valence-corrected chi connectivity index (χ0v) is 10.7. The van der Waals surface area contributed by atoms with Crippen LogP contribution in [0.25, 0.3) is 5.69 Å². The van der Waals surface area contributed by atoms with Crippen molar-refractivity contribution in [2.45, 2.75) is 13.8 Å². The summed E-state index contributed by atoms with van der Waals surface area (Å²) in [5.41, 5.74) is 3.30. The van der Waals surface area contributed by atoms with E-state index in [1.165, 1.54) is 0 Å². The summed E-state index contributed by atoms with van der Waals surface area (Å²) in [6.07, 6.45) is 1.60. The van der Waals surface area contributed by atoms with Crippen molar-refractivity contribution in [3.63, 3.8) is 0 Å². The predicted molar refractivity (Wildman–Crippen MR) is 63.5 cm³/mol. The zero-order chi connectivity index (χ0) is 11.0. The topological polar surface area (TPSA) is 30.7 Å². The second-order valence-electron chi connectivity index (χ2n) is 3.36. The SMILES string of the molecule is Cc1cc(-n2cnnc2Cl)cc(C)c1Br. The molecule has 78 valence electrons. The van der Waals surface area contributed by atoms with E-state index in [2.05, 4.69) is 26.1 Å². The molecule has 1 aromatic carbocycles. The molecular formula is C10H9BrClN3. The molecule has 0 aliphatic heterocycles. The van der Waals surface area contributed by atoms with E-state index >= 15 is 0 Å². The van der Waals surface area contributed by atoms with Crippen LogP contribution in [0.3, 0.4) is 0 Å². The maximum atomic E-state index is 5.90. The first-order chi connectivity index (χ1) is 7.09. The van der Waals surface area contributed by atoms with Gasteiger partial charge in [0.2, 0.25) is 5.28 Å². The Kier molecular flexibility index (Phi) is 2.80. The van der Waals surface area contributed by atoms with Gasteiger partial charge in [-0.25, -0.2) is 0 Å². The van der Waals surface area contributed by atoms with Crippen molar-refractivity contribution >= 4 is 27.5 Å². The number of halogens is 2. The van der Waals surface area contributed by atoms with Gasteiger partial charge < -0.3 is 0 Å². The Morgan fingerprint density at radius 3 is 2.33 bits per heavy atom. The summed E-state index contributed by atoms with van der Waals surface area (Å²) in [4.78, 5) is 0. The highest BCUT2D eigenvalue weighted by molar-refractivity contribution is 9.10. The molecule has 0 aliphatic carbocycles. The van der Waals surface area contributed by atoms with Gasteiger partial charge in [-0.15, -0.1) is 10.2 Å². The fourth-order valence-electron chi connectivity index (χ4n) is 1.46. The molecule has 2 rings (SSSR count). The fraction of sp³-hybridized carbons (Fsp3) is 0.200. The number of hydrogen-bond donors (Lipinski definition) is 0. The highest BCUT2D eigenvalue weighted by Crippen LogP contribution is 2.25. The van der Waals surface area contributed by atoms with Crippen molar-refractivity contribution in [1.82, 2.24) is 14.8 Å². The van der Waals surface area contributed by atoms with Crippen LogP contribution in [0.4, 0.5) is 0 Å². The number of aromatic nitrogens is 3. The summed E-state index contributed by atoms with van der Waals surface area (Å²) < 4.78 is 2.86. The molecule has 2 aromatic rings. The first kappa shape index (κ1) is 10.6. The van der Waals surface area contributed by atoms with Crippen LogP contribution in [0.2, 0.25) is 5.28 Å². The molecule has 0 fully saturated rings. The molecule has 3 nitrogen and oxygen atoms in total. The van der Waals surface area contributed by atoms with Gasteiger partial charge in [0.1, 0.15) is 6.33 Å². The normalized spacial score (nSPS) is 10.7. The second-order valence-corrected chi connectivity index (χ2v) is 4.49. The smallest absolute Gasteiger partial charge is 0.229 e. The molecule has 0 saturated heterocycles. The van der Waals surface area contributed by atoms with Crippen molar-refractivity contribution in [2.24, 2.45) is 0 Å². The predicted octanol–water partition coefficient (Wildman–Crippen LogP) is 3.30. The van der Waals surface area contributed by atoms with Crippen LogP contribution in [-0.4, -0.2) is 14.8 Å². The average Bonchev–Trinajstić information content (AvgIpc) is 2.60. The lowest BCUT2D eigenvalue weighted by Gasteiger charge is -2.08. The van der Waals surface area contributed by atoms with Crippen molar-refractivity contribution in [3.05, 3.63) is 39.3 Å². The van der Waals surface area contributed by atoms with E-state index in [-0.39, 0.29) is 0 Å². The van der Waals surface area contributed by atoms with E-state index in [1.54, 1.807) is 10.9 Å². The Labute approximate surface area is 101 Å². The number of rotatable bonds is 1. The number of benzene rings is 1. The van der Waals surface area contributed by atoms with Gasteiger partial charge in [-0.2, -0.15) is 0 Å². The van der Waals surface area contributed by atoms with E-state index in [0.717, 1.165) is 21.3 Å². The number of hydrogen-bond acceptors (Lipinski definition) is 2. The van der Waals surface area contributed by atoms with Crippen LogP contribution in [0.5, 0.6) is 0 Å². The number of nitrogens with zero attached hydrogens (tertiary/aromatic N) is 3. The maximum Gasteiger partial charge on any atom is 0.229 e. The van der Waals surface area contributed by atoms with Crippen LogP contribution in [0.1, 0.15) is 11.1 Å². The first-order valence-corrected chi connectivity index (χ1v) is 5.59. The first-order valence-electron chi connectivity index (χ1n) is 4.42. The Morgan fingerprint density at radius 2 is 1.87 bits per heavy atom. The van der Waals surface area contributed by atoms with Crippen LogP contribution in [0.15, 0.2) is 22.9 Å². The minimum atomic E-state index is 0.371. The lowest BCUT2D eigenvalue weighted by atomic mass is 10.1. The van der Waals surface area contributed by atoms with Crippen LogP contribution in [0, 0.1) is 13.8 Å². The molecule has 0 bridgehead atoms. The van der Waals surface area contributed by atoms with Crippen LogP contribution < -0.4 is 0 Å². The standard InChI is InChI=1S/C10H9BrClN3/c1-6-3-8(4-7(2)9(6)11)15-5-13-14-10(15)12/h3-5H,1-2H3. The van der Waals surface area contributed by atoms with Gasteiger partial charge in [-0.05, 0) is 48.7 Å². The lowest BCUT2D eigenvalue weighted by molar-refractivity contribution is 1.05. The van der Waals surface area contributed by atoms with Gasteiger partial charge in [-0.1, -0.05) is 15.9 Å². The molecule has 0 aliphatic rings. The van der Waals surface area contributed by atoms with Gasteiger partial charge >= 0.3 is 0 Å². The number of aryl methyl sites for hydroxylation is 2. The van der Waals surface area contributed by atoms with Gasteiger partial charge in [0.15, 0.2) is 0 Å². The van der Waals surface area contributed by atoms with Crippen molar-refractivity contribution < 1.29 is 0 Å². The highest BCUT2D eigenvalue weighted by Gasteiger charge is 2.07. The quantitative estimate of drug-likeness (QED) is 0.805. The Balaban J connectivity index is 2.60. The molecule has 0 amide bonds. The average molecular weight is 287 g/mol. The Hall–Kier alpha value is -0.870. The van der Waals surface area contributed by atoms with Gasteiger partial charge in [0, 0.05) is 4.47 Å². The minimum absolute atomic E-state index is 0.371. The zero-order valence-electron chi connectivity index (χ0n) is 8.33. The van der Waals surface area contributed by atoms with Crippen molar-refractivity contribution in [2.75, 3.05) is 0 Å². The summed E-state index contributed by atoms with van der Waals surface area (Å²) in [5, 5.41) is 7.86. The van der Waals surface area contributed by atoms with E-state index in [1.807, 2.05) is 26.0 Å². The minimum Gasteiger partial charge on any atom is -0.272 e. The van der Waals surface area contributed by atoms with E-state index in [0.29, 0.717) is 5.28 Å². The van der Waals surface area contributed by atoms with Crippen molar-refractivity contribution in [3.8, 4) is 5.69 Å². The molecule has 15 heavy (non-hydrogen) atoms. The summed E-state index contributed by atoms with van der Waals surface area (Å²) in [7, 11) is 0. The van der Waals surface area contributed by atoms with Gasteiger partial charge in [0.25, 0.3) is 0 Å². The van der Waals surface area contributed by atoms with E-state index in [4.69, 9.17) is 11.6 Å². The van der Waals surface area contributed by atoms with Gasteiger partial charge in [-0.3, -0.25) is 4.57 Å². The summed E-state index contributed by atoms with van der Waals surface area (Å²) in [5.74, 6) is 0. The monoisotopic (exact) mass is 285 g/mol. The van der Waals surface area contributed by atoms with Crippen LogP contribution >= 0.6 is 27.5 Å². The molecule has 0 unspecified atom stereocenters. The fourth-order valence-corrected chi connectivity index (χ4v) is 1.87. The molecule has 0 atom stereocenters.